The van der Waals surface area contributed by atoms with Crippen LogP contribution in [-0.4, -0.2) is 39.0 Å². The van der Waals surface area contributed by atoms with Crippen molar-refractivity contribution in [2.75, 3.05) is 6.61 Å². The summed E-state index contributed by atoms with van der Waals surface area (Å²) >= 11 is 0. The van der Waals surface area contributed by atoms with Gasteiger partial charge in [0, 0.05) is 38.0 Å². The molecule has 0 aromatic carbocycles. The van der Waals surface area contributed by atoms with Crippen LogP contribution in [0, 0.1) is 19.3 Å². The highest BCUT2D eigenvalue weighted by atomic mass is 28.3. The van der Waals surface area contributed by atoms with Crippen LogP contribution in [0.4, 0.5) is 0 Å². The summed E-state index contributed by atoms with van der Waals surface area (Å²) in [5.74, 6) is 0.658. The number of nitrogens with zero attached hydrogens (tertiary/aromatic N) is 5. The number of rotatable bonds is 8. The first-order chi connectivity index (χ1) is 14.4. The Morgan fingerprint density at radius 1 is 1.20 bits per heavy atom. The van der Waals surface area contributed by atoms with Crippen LogP contribution >= 0.6 is 0 Å². The van der Waals surface area contributed by atoms with Crippen molar-refractivity contribution in [1.29, 1.82) is 0 Å². The molecule has 3 heterocycles. The Morgan fingerprint density at radius 3 is 2.73 bits per heavy atom. The summed E-state index contributed by atoms with van der Waals surface area (Å²) in [6.07, 6.45) is 14.6. The van der Waals surface area contributed by atoms with Crippen molar-refractivity contribution in [3.8, 4) is 11.3 Å². The number of aromatic nitrogens is 5. The molecule has 3 aromatic rings. The fraction of sp³-hybridized carbons (Fsp3) is 0.522. The topological polar surface area (TPSA) is 57.8 Å². The van der Waals surface area contributed by atoms with E-state index >= 15 is 0 Å². The summed E-state index contributed by atoms with van der Waals surface area (Å²) in [6.45, 7) is 12.4. The van der Waals surface area contributed by atoms with Crippen LogP contribution in [0.3, 0.4) is 0 Å². The van der Waals surface area contributed by atoms with E-state index in [1.54, 1.807) is 6.33 Å². The molecule has 0 atom stereocenters. The average Bonchev–Trinajstić information content (AvgIpc) is 3.38. The molecule has 6 nitrogen and oxygen atoms in total. The Hall–Kier alpha value is -1.99. The maximum Gasteiger partial charge on any atom is 0.145 e. The summed E-state index contributed by atoms with van der Waals surface area (Å²) in [5.41, 5.74) is 2.89. The van der Waals surface area contributed by atoms with Gasteiger partial charge in [-0.1, -0.05) is 19.6 Å². The summed E-state index contributed by atoms with van der Waals surface area (Å²) in [4.78, 5) is 9.09. The fourth-order valence-corrected chi connectivity index (χ4v) is 4.90. The summed E-state index contributed by atoms with van der Waals surface area (Å²) in [7, 11) is -1.08. The molecule has 0 aliphatic heterocycles. The zero-order chi connectivity index (χ0) is 21.1. The molecule has 0 N–H and O–H groups in total. The molecule has 1 fully saturated rings. The molecule has 0 spiro atoms. The molecule has 4 rings (SSSR count). The third kappa shape index (κ3) is 4.83. The Kier molecular flexibility index (Phi) is 6.39. The molecule has 1 aliphatic rings. The summed E-state index contributed by atoms with van der Waals surface area (Å²) in [5, 5.41) is 5.71. The van der Waals surface area contributed by atoms with Crippen LogP contribution in [0.25, 0.3) is 22.3 Å². The van der Waals surface area contributed by atoms with Crippen LogP contribution in [0.5, 0.6) is 0 Å². The van der Waals surface area contributed by atoms with Gasteiger partial charge in [-0.3, -0.25) is 4.68 Å². The standard InChI is InChI=1S/C23H33N5OSi/c1-5-18-6-8-20(9-7-18)28-15-19(14-26-28)22-21-10-11-27(23(21)25-16-24-22)17-29-12-13-30(2,3)4/h5,10-11,14-16,18,20H,1,6-9,12-13,17H2,2-4H3/t18-,20+. The number of hydrogen-bond donors (Lipinski definition) is 0. The Morgan fingerprint density at radius 2 is 2.00 bits per heavy atom. The molecule has 30 heavy (non-hydrogen) atoms. The lowest BCUT2D eigenvalue weighted by molar-refractivity contribution is 0.0899. The van der Waals surface area contributed by atoms with E-state index in [1.165, 1.54) is 18.9 Å². The van der Waals surface area contributed by atoms with Crippen LogP contribution in [0.15, 0.2) is 31.0 Å². The quantitative estimate of drug-likeness (QED) is 0.361. The van der Waals surface area contributed by atoms with Crippen molar-refractivity contribution in [2.24, 2.45) is 5.92 Å². The number of hydrogen-bond acceptors (Lipinski definition) is 4. The van der Waals surface area contributed by atoms with E-state index in [4.69, 9.17) is 4.74 Å². The van der Waals surface area contributed by atoms with Gasteiger partial charge in [0.1, 0.15) is 18.7 Å². The van der Waals surface area contributed by atoms with Gasteiger partial charge in [0.2, 0.25) is 0 Å². The van der Waals surface area contributed by atoms with Gasteiger partial charge < -0.3 is 9.30 Å². The Balaban J connectivity index is 1.47. The third-order valence-corrected chi connectivity index (χ3v) is 7.81. The molecule has 0 amide bonds. The van der Waals surface area contributed by atoms with Gasteiger partial charge in [0.15, 0.2) is 0 Å². The molecule has 0 saturated heterocycles. The van der Waals surface area contributed by atoms with Crippen molar-refractivity contribution < 1.29 is 4.74 Å². The van der Waals surface area contributed by atoms with E-state index in [0.717, 1.165) is 41.7 Å². The van der Waals surface area contributed by atoms with Gasteiger partial charge in [-0.2, -0.15) is 5.10 Å². The largest absolute Gasteiger partial charge is 0.361 e. The number of ether oxygens (including phenoxy) is 1. The summed E-state index contributed by atoms with van der Waals surface area (Å²) in [6, 6.07) is 3.72. The zero-order valence-corrected chi connectivity index (χ0v) is 19.4. The van der Waals surface area contributed by atoms with Gasteiger partial charge in [0.25, 0.3) is 0 Å². The van der Waals surface area contributed by atoms with E-state index in [-0.39, 0.29) is 0 Å². The van der Waals surface area contributed by atoms with E-state index in [1.807, 2.05) is 12.4 Å². The van der Waals surface area contributed by atoms with Crippen molar-refractivity contribution in [1.82, 2.24) is 24.3 Å². The van der Waals surface area contributed by atoms with E-state index in [9.17, 15) is 0 Å². The van der Waals surface area contributed by atoms with Gasteiger partial charge in [0.05, 0.1) is 17.9 Å². The zero-order valence-electron chi connectivity index (χ0n) is 18.4. The second kappa shape index (κ2) is 9.02. The molecular weight excluding hydrogens is 390 g/mol. The van der Waals surface area contributed by atoms with Gasteiger partial charge in [-0.05, 0) is 57.1 Å². The van der Waals surface area contributed by atoms with Crippen LogP contribution < -0.4 is 0 Å². The average molecular weight is 424 g/mol. The van der Waals surface area contributed by atoms with Crippen molar-refractivity contribution in [2.45, 2.75) is 64.1 Å². The second-order valence-corrected chi connectivity index (χ2v) is 15.2. The van der Waals surface area contributed by atoms with E-state index in [0.29, 0.717) is 18.7 Å². The minimum atomic E-state index is -1.08. The van der Waals surface area contributed by atoms with Crippen LogP contribution in [0.1, 0.15) is 31.7 Å². The van der Waals surface area contributed by atoms with Crippen molar-refractivity contribution >= 4 is 19.1 Å². The lowest BCUT2D eigenvalue weighted by Crippen LogP contribution is -2.22. The predicted molar refractivity (Wildman–Crippen MR) is 124 cm³/mol. The van der Waals surface area contributed by atoms with Crippen LogP contribution in [0.2, 0.25) is 25.7 Å². The lowest BCUT2D eigenvalue weighted by atomic mass is 9.85. The minimum absolute atomic E-state index is 0.469. The SMILES string of the molecule is [CH2][CH][C@H]1CC[C@@H](n2cc(-c3ncnc4c3ccn4COCC[Si](C)(C)C)cn2)CC1. The smallest absolute Gasteiger partial charge is 0.145 e. The molecular formula is C23H33N5OSi. The molecule has 160 valence electrons. The maximum atomic E-state index is 5.92. The van der Waals surface area contributed by atoms with Crippen LogP contribution in [-0.2, 0) is 11.5 Å². The fourth-order valence-electron chi connectivity index (χ4n) is 4.14. The van der Waals surface area contributed by atoms with E-state index < -0.39 is 8.07 Å². The third-order valence-electron chi connectivity index (χ3n) is 6.11. The van der Waals surface area contributed by atoms with Gasteiger partial charge in [-0.15, -0.1) is 0 Å². The maximum absolute atomic E-state index is 5.92. The lowest BCUT2D eigenvalue weighted by Gasteiger charge is -2.27. The number of fused-ring (bicyclic) bond motifs is 1. The normalized spacial score (nSPS) is 20.1. The molecule has 1 aliphatic carbocycles. The highest BCUT2D eigenvalue weighted by molar-refractivity contribution is 6.76. The molecule has 2 radical (unpaired) electrons. The predicted octanol–water partition coefficient (Wildman–Crippen LogP) is 5.38. The van der Waals surface area contributed by atoms with Gasteiger partial charge >= 0.3 is 0 Å². The highest BCUT2D eigenvalue weighted by Crippen LogP contribution is 2.34. The molecule has 3 aromatic heterocycles. The monoisotopic (exact) mass is 423 g/mol. The molecule has 7 heteroatoms. The minimum Gasteiger partial charge on any atom is -0.361 e. The van der Waals surface area contributed by atoms with Crippen molar-refractivity contribution in [3.63, 3.8) is 0 Å². The summed E-state index contributed by atoms with van der Waals surface area (Å²) < 4.78 is 10.1. The van der Waals surface area contributed by atoms with Gasteiger partial charge in [-0.25, -0.2) is 9.97 Å². The molecule has 0 bridgehead atoms. The first-order valence-corrected chi connectivity index (χ1v) is 14.7. The Labute approximate surface area is 180 Å². The second-order valence-electron chi connectivity index (χ2n) is 9.61. The Bertz CT molecular complexity index is 966. The van der Waals surface area contributed by atoms with E-state index in [2.05, 4.69) is 69.6 Å². The first-order valence-electron chi connectivity index (χ1n) is 11.0. The first kappa shape index (κ1) is 21.2. The molecule has 0 unspecified atom stereocenters. The van der Waals surface area contributed by atoms with Crippen molar-refractivity contribution in [3.05, 3.63) is 44.3 Å². The highest BCUT2D eigenvalue weighted by Gasteiger charge is 2.22. The molecule has 1 saturated carbocycles.